The van der Waals surface area contributed by atoms with Crippen LogP contribution in [0.1, 0.15) is 31.7 Å². The number of rotatable bonds is 2. The standard InChI is InChI=1S/C12H13BrN2O2/c1-7(8-3-4-9(13)14-6-8)12(2)5-10(16)15-11(12)17/h3-4,6-7H,5H2,1-2H3,(H,15,16,17)/t7-,12-/m1/s1. The van der Waals surface area contributed by atoms with Crippen molar-refractivity contribution < 1.29 is 9.59 Å². The third kappa shape index (κ3) is 2.11. The van der Waals surface area contributed by atoms with Gasteiger partial charge in [-0.05, 0) is 40.4 Å². The number of hydrogen-bond donors (Lipinski definition) is 1. The Morgan fingerprint density at radius 1 is 1.47 bits per heavy atom. The van der Waals surface area contributed by atoms with Crippen LogP contribution in [0.4, 0.5) is 0 Å². The van der Waals surface area contributed by atoms with Crippen LogP contribution < -0.4 is 5.32 Å². The average Bonchev–Trinajstić information content (AvgIpc) is 2.54. The van der Waals surface area contributed by atoms with E-state index in [1.54, 1.807) is 6.20 Å². The average molecular weight is 297 g/mol. The summed E-state index contributed by atoms with van der Waals surface area (Å²) in [6.45, 7) is 3.77. The highest BCUT2D eigenvalue weighted by Gasteiger charge is 2.47. The molecule has 1 fully saturated rings. The van der Waals surface area contributed by atoms with Crippen LogP contribution in [0.5, 0.6) is 0 Å². The zero-order valence-corrected chi connectivity index (χ0v) is 11.2. The first kappa shape index (κ1) is 12.2. The van der Waals surface area contributed by atoms with E-state index in [1.165, 1.54) is 0 Å². The largest absolute Gasteiger partial charge is 0.296 e. The van der Waals surface area contributed by atoms with Crippen LogP contribution in [0.3, 0.4) is 0 Å². The van der Waals surface area contributed by atoms with Crippen LogP contribution in [0.25, 0.3) is 0 Å². The molecule has 1 aromatic rings. The fourth-order valence-corrected chi connectivity index (χ4v) is 2.32. The van der Waals surface area contributed by atoms with Crippen molar-refractivity contribution in [1.29, 1.82) is 0 Å². The summed E-state index contributed by atoms with van der Waals surface area (Å²) < 4.78 is 0.755. The Morgan fingerprint density at radius 2 is 2.18 bits per heavy atom. The monoisotopic (exact) mass is 296 g/mol. The minimum absolute atomic E-state index is 0.0467. The topological polar surface area (TPSA) is 59.1 Å². The zero-order valence-electron chi connectivity index (χ0n) is 9.66. The molecule has 90 valence electrons. The van der Waals surface area contributed by atoms with Gasteiger partial charge in [-0.1, -0.05) is 13.0 Å². The lowest BCUT2D eigenvalue weighted by atomic mass is 9.73. The minimum Gasteiger partial charge on any atom is -0.296 e. The molecule has 2 atom stereocenters. The maximum absolute atomic E-state index is 11.8. The Labute approximate surface area is 108 Å². The molecule has 1 aliphatic rings. The highest BCUT2D eigenvalue weighted by Crippen LogP contribution is 2.41. The summed E-state index contributed by atoms with van der Waals surface area (Å²) in [4.78, 5) is 27.3. The summed E-state index contributed by atoms with van der Waals surface area (Å²) in [6.07, 6.45) is 1.97. The van der Waals surface area contributed by atoms with E-state index in [-0.39, 0.29) is 24.2 Å². The van der Waals surface area contributed by atoms with E-state index >= 15 is 0 Å². The van der Waals surface area contributed by atoms with E-state index < -0.39 is 5.41 Å². The molecule has 1 aliphatic heterocycles. The predicted octanol–water partition coefficient (Wildman–Crippen LogP) is 2.00. The number of hydrogen-bond acceptors (Lipinski definition) is 3. The quantitative estimate of drug-likeness (QED) is 0.671. The number of pyridine rings is 1. The molecule has 0 aromatic carbocycles. The van der Waals surface area contributed by atoms with Crippen molar-refractivity contribution in [3.05, 3.63) is 28.5 Å². The summed E-state index contributed by atoms with van der Waals surface area (Å²) in [5.41, 5.74) is 0.285. The number of nitrogens with zero attached hydrogens (tertiary/aromatic N) is 1. The zero-order chi connectivity index (χ0) is 12.6. The summed E-state index contributed by atoms with van der Waals surface area (Å²) in [6, 6.07) is 3.76. The van der Waals surface area contributed by atoms with E-state index in [1.807, 2.05) is 26.0 Å². The molecule has 0 bridgehead atoms. The molecule has 2 amide bonds. The molecule has 1 aromatic heterocycles. The maximum Gasteiger partial charge on any atom is 0.233 e. The predicted molar refractivity (Wildman–Crippen MR) is 66.2 cm³/mol. The van der Waals surface area contributed by atoms with E-state index in [9.17, 15) is 9.59 Å². The van der Waals surface area contributed by atoms with Crippen LogP contribution in [0.15, 0.2) is 22.9 Å². The second kappa shape index (κ2) is 4.22. The van der Waals surface area contributed by atoms with Crippen molar-refractivity contribution in [2.75, 3.05) is 0 Å². The number of imide groups is 1. The second-order valence-electron chi connectivity index (χ2n) is 4.61. The molecule has 1 saturated heterocycles. The van der Waals surface area contributed by atoms with Crippen LogP contribution >= 0.6 is 15.9 Å². The molecule has 0 aliphatic carbocycles. The first-order valence-corrected chi connectivity index (χ1v) is 6.18. The summed E-state index contributed by atoms with van der Waals surface area (Å²) in [5.74, 6) is -0.443. The van der Waals surface area contributed by atoms with Crippen LogP contribution in [-0.2, 0) is 9.59 Å². The molecule has 1 N–H and O–H groups in total. The van der Waals surface area contributed by atoms with Crippen molar-refractivity contribution in [2.45, 2.75) is 26.2 Å². The Kier molecular flexibility index (Phi) is 3.03. The van der Waals surface area contributed by atoms with E-state index in [4.69, 9.17) is 0 Å². The lowest BCUT2D eigenvalue weighted by Gasteiger charge is -2.27. The van der Waals surface area contributed by atoms with Gasteiger partial charge in [0.15, 0.2) is 0 Å². The number of carbonyl (C=O) groups is 2. The van der Waals surface area contributed by atoms with Crippen molar-refractivity contribution in [1.82, 2.24) is 10.3 Å². The number of amides is 2. The third-order valence-corrected chi connectivity index (χ3v) is 3.97. The minimum atomic E-state index is -0.674. The highest BCUT2D eigenvalue weighted by molar-refractivity contribution is 9.10. The number of nitrogens with one attached hydrogen (secondary N) is 1. The van der Waals surface area contributed by atoms with Gasteiger partial charge in [0.1, 0.15) is 4.60 Å². The molecule has 4 nitrogen and oxygen atoms in total. The fourth-order valence-electron chi connectivity index (χ4n) is 2.09. The Balaban J connectivity index is 2.31. The smallest absolute Gasteiger partial charge is 0.233 e. The highest BCUT2D eigenvalue weighted by atomic mass is 79.9. The number of carbonyl (C=O) groups excluding carboxylic acids is 2. The molecule has 2 heterocycles. The summed E-state index contributed by atoms with van der Waals surface area (Å²) in [5, 5.41) is 2.36. The van der Waals surface area contributed by atoms with Crippen LogP contribution in [0, 0.1) is 5.41 Å². The van der Waals surface area contributed by atoms with Gasteiger partial charge in [-0.3, -0.25) is 14.9 Å². The first-order chi connectivity index (χ1) is 7.93. The first-order valence-electron chi connectivity index (χ1n) is 5.39. The van der Waals surface area contributed by atoms with Crippen molar-refractivity contribution in [3.8, 4) is 0 Å². The Morgan fingerprint density at radius 3 is 2.65 bits per heavy atom. The normalized spacial score (nSPS) is 25.8. The van der Waals surface area contributed by atoms with Crippen LogP contribution in [-0.4, -0.2) is 16.8 Å². The second-order valence-corrected chi connectivity index (χ2v) is 5.42. The Hall–Kier alpha value is -1.23. The molecule has 0 radical (unpaired) electrons. The lowest BCUT2D eigenvalue weighted by Crippen LogP contribution is -2.33. The number of aromatic nitrogens is 1. The third-order valence-electron chi connectivity index (χ3n) is 3.51. The van der Waals surface area contributed by atoms with E-state index in [0.29, 0.717) is 0 Å². The molecule has 5 heteroatoms. The molecule has 0 unspecified atom stereocenters. The van der Waals surface area contributed by atoms with Gasteiger partial charge in [0.05, 0.1) is 5.41 Å². The summed E-state index contributed by atoms with van der Waals surface area (Å²) in [7, 11) is 0. The van der Waals surface area contributed by atoms with Crippen LogP contribution in [0.2, 0.25) is 0 Å². The van der Waals surface area contributed by atoms with E-state index in [2.05, 4.69) is 26.2 Å². The SMILES string of the molecule is C[C@H](c1ccc(Br)nc1)[C@@]1(C)CC(=O)NC1=O. The van der Waals surface area contributed by atoms with Gasteiger partial charge in [-0.25, -0.2) is 4.98 Å². The molecule has 2 rings (SSSR count). The van der Waals surface area contributed by atoms with Gasteiger partial charge < -0.3 is 0 Å². The van der Waals surface area contributed by atoms with E-state index in [0.717, 1.165) is 10.2 Å². The maximum atomic E-state index is 11.8. The molecule has 0 saturated carbocycles. The molecular weight excluding hydrogens is 284 g/mol. The van der Waals surface area contributed by atoms with Crippen molar-refractivity contribution >= 4 is 27.7 Å². The van der Waals surface area contributed by atoms with Gasteiger partial charge in [0, 0.05) is 12.6 Å². The fraction of sp³-hybridized carbons (Fsp3) is 0.417. The van der Waals surface area contributed by atoms with Crippen molar-refractivity contribution in [2.24, 2.45) is 5.41 Å². The molecular formula is C12H13BrN2O2. The molecule has 17 heavy (non-hydrogen) atoms. The Bertz CT molecular complexity index is 472. The van der Waals surface area contributed by atoms with Gasteiger partial charge in [0.25, 0.3) is 0 Å². The lowest BCUT2D eigenvalue weighted by molar-refractivity contribution is -0.128. The summed E-state index contributed by atoms with van der Waals surface area (Å²) >= 11 is 3.27. The van der Waals surface area contributed by atoms with Gasteiger partial charge in [-0.2, -0.15) is 0 Å². The van der Waals surface area contributed by atoms with Gasteiger partial charge in [-0.15, -0.1) is 0 Å². The van der Waals surface area contributed by atoms with Gasteiger partial charge >= 0.3 is 0 Å². The number of halogens is 1. The van der Waals surface area contributed by atoms with Gasteiger partial charge in [0.2, 0.25) is 11.8 Å². The molecule has 0 spiro atoms. The van der Waals surface area contributed by atoms with Crippen molar-refractivity contribution in [3.63, 3.8) is 0 Å².